The second kappa shape index (κ2) is 2.19. The maximum atomic E-state index is 11.5. The van der Waals surface area contributed by atoms with Gasteiger partial charge >= 0.3 is 0 Å². The second-order valence-corrected chi connectivity index (χ2v) is 4.03. The Kier molecular flexibility index (Phi) is 1.41. The number of carbonyl (C=O) groups is 2. The van der Waals surface area contributed by atoms with Gasteiger partial charge in [0.1, 0.15) is 5.41 Å². The summed E-state index contributed by atoms with van der Waals surface area (Å²) in [6, 6.07) is 0. The van der Waals surface area contributed by atoms with Gasteiger partial charge in [-0.1, -0.05) is 13.8 Å². The third-order valence-electron chi connectivity index (χ3n) is 3.47. The van der Waals surface area contributed by atoms with E-state index in [-0.39, 0.29) is 17.2 Å². The van der Waals surface area contributed by atoms with Crippen molar-refractivity contribution >= 4 is 18.2 Å². The summed E-state index contributed by atoms with van der Waals surface area (Å²) in [6.07, 6.45) is 2.66. The monoisotopic (exact) mass is 180 g/mol. The average molecular weight is 180 g/mol. The van der Waals surface area contributed by atoms with Crippen molar-refractivity contribution in [1.29, 1.82) is 0 Å². The molecule has 0 aromatic heterocycles. The largest absolute Gasteiger partial charge is 0.316 e. The number of carbonyl (C=O) groups excluding carboxylic acids is 2. The molecule has 1 heterocycles. The van der Waals surface area contributed by atoms with E-state index >= 15 is 0 Å². The highest BCUT2D eigenvalue weighted by molar-refractivity contribution is 6.17. The fourth-order valence-corrected chi connectivity index (χ4v) is 2.14. The Morgan fingerprint density at radius 3 is 2.77 bits per heavy atom. The Labute approximate surface area is 76.4 Å². The highest BCUT2D eigenvalue weighted by Crippen LogP contribution is 2.66. The number of amides is 2. The summed E-state index contributed by atoms with van der Waals surface area (Å²) in [5, 5.41) is 2.50. The van der Waals surface area contributed by atoms with E-state index < -0.39 is 5.41 Å². The van der Waals surface area contributed by atoms with Gasteiger partial charge in [-0.15, -0.1) is 0 Å². The number of rotatable bonds is 1. The van der Waals surface area contributed by atoms with Crippen LogP contribution in [0, 0.1) is 10.8 Å². The molecule has 4 heteroatoms. The molecule has 0 aromatic rings. The lowest BCUT2D eigenvalue weighted by molar-refractivity contribution is -0.137. The first-order chi connectivity index (χ1) is 6.07. The SMILES string of the molecule is CC[C@]1(C)C[C@@]12C(=O)N=CNC2=O. The van der Waals surface area contributed by atoms with Crippen molar-refractivity contribution < 1.29 is 9.59 Å². The van der Waals surface area contributed by atoms with Crippen LogP contribution in [0.5, 0.6) is 0 Å². The van der Waals surface area contributed by atoms with E-state index in [0.717, 1.165) is 6.42 Å². The fraction of sp³-hybridized carbons (Fsp3) is 0.667. The van der Waals surface area contributed by atoms with Gasteiger partial charge < -0.3 is 5.32 Å². The Morgan fingerprint density at radius 1 is 1.62 bits per heavy atom. The third kappa shape index (κ3) is 0.779. The minimum atomic E-state index is -0.837. The molecule has 1 fully saturated rings. The molecule has 13 heavy (non-hydrogen) atoms. The van der Waals surface area contributed by atoms with Crippen LogP contribution in [0.1, 0.15) is 26.7 Å². The summed E-state index contributed by atoms with van der Waals surface area (Å²) in [7, 11) is 0. The molecular formula is C9H12N2O2. The van der Waals surface area contributed by atoms with E-state index in [0.29, 0.717) is 6.42 Å². The summed E-state index contributed by atoms with van der Waals surface area (Å²) in [5.74, 6) is -0.461. The van der Waals surface area contributed by atoms with Crippen LogP contribution >= 0.6 is 0 Å². The summed E-state index contributed by atoms with van der Waals surface area (Å²) in [4.78, 5) is 26.7. The zero-order valence-corrected chi connectivity index (χ0v) is 7.76. The zero-order chi connectivity index (χ0) is 9.69. The van der Waals surface area contributed by atoms with Crippen molar-refractivity contribution in [2.24, 2.45) is 15.8 Å². The lowest BCUT2D eigenvalue weighted by atomic mass is 9.90. The predicted molar refractivity (Wildman–Crippen MR) is 47.1 cm³/mol. The number of hydrogen-bond donors (Lipinski definition) is 1. The quantitative estimate of drug-likeness (QED) is 0.596. The van der Waals surface area contributed by atoms with Gasteiger partial charge in [0, 0.05) is 0 Å². The van der Waals surface area contributed by atoms with Gasteiger partial charge in [-0.25, -0.2) is 4.99 Å². The van der Waals surface area contributed by atoms with Crippen molar-refractivity contribution in [2.75, 3.05) is 0 Å². The predicted octanol–water partition coefficient (Wildman–Crippen LogP) is 0.478. The first kappa shape index (κ1) is 8.41. The Bertz CT molecular complexity index is 324. The molecule has 2 rings (SSSR count). The summed E-state index contributed by atoms with van der Waals surface area (Å²) >= 11 is 0. The van der Waals surface area contributed by atoms with E-state index in [1.807, 2.05) is 13.8 Å². The van der Waals surface area contributed by atoms with Crippen molar-refractivity contribution in [2.45, 2.75) is 26.7 Å². The normalized spacial score (nSPS) is 42.3. The van der Waals surface area contributed by atoms with Gasteiger partial charge in [-0.3, -0.25) is 9.59 Å². The summed E-state index contributed by atoms with van der Waals surface area (Å²) < 4.78 is 0. The molecule has 0 bridgehead atoms. The van der Waals surface area contributed by atoms with Gasteiger partial charge in [-0.05, 0) is 18.3 Å². The lowest BCUT2D eigenvalue weighted by Crippen LogP contribution is -2.43. The van der Waals surface area contributed by atoms with Gasteiger partial charge in [0.25, 0.3) is 5.91 Å². The second-order valence-electron chi connectivity index (χ2n) is 4.03. The van der Waals surface area contributed by atoms with Crippen molar-refractivity contribution in [3.63, 3.8) is 0 Å². The molecule has 2 aliphatic rings. The first-order valence-electron chi connectivity index (χ1n) is 4.45. The molecule has 1 N–H and O–H groups in total. The average Bonchev–Trinajstić information content (AvgIpc) is 2.72. The first-order valence-corrected chi connectivity index (χ1v) is 4.45. The molecule has 2 amide bonds. The summed E-state index contributed by atoms with van der Waals surface area (Å²) in [5.41, 5.74) is -1.01. The maximum absolute atomic E-state index is 11.5. The number of aliphatic imine (C=N–C) groups is 1. The van der Waals surface area contributed by atoms with E-state index in [1.165, 1.54) is 6.34 Å². The lowest BCUT2D eigenvalue weighted by Gasteiger charge is -2.19. The van der Waals surface area contributed by atoms with Crippen LogP contribution in [0.3, 0.4) is 0 Å². The molecule has 1 saturated carbocycles. The Balaban J connectivity index is 2.39. The van der Waals surface area contributed by atoms with Gasteiger partial charge in [0.05, 0.1) is 6.34 Å². The molecule has 1 aliphatic heterocycles. The van der Waals surface area contributed by atoms with E-state index in [4.69, 9.17) is 0 Å². The molecule has 2 atom stereocenters. The number of nitrogens with zero attached hydrogens (tertiary/aromatic N) is 1. The molecule has 70 valence electrons. The topological polar surface area (TPSA) is 58.5 Å². The molecule has 1 aliphatic carbocycles. The molecule has 1 spiro atoms. The molecule has 0 unspecified atom stereocenters. The standard InChI is InChI=1S/C9H12N2O2/c1-3-8(2)4-9(8)6(12)10-5-11-7(9)13/h5H,3-4H2,1-2H3,(H,10,11,12,13)/t8-/m1/s1. The molecule has 0 radical (unpaired) electrons. The Hall–Kier alpha value is -1.19. The van der Waals surface area contributed by atoms with Crippen molar-refractivity contribution in [3.05, 3.63) is 0 Å². The smallest absolute Gasteiger partial charge is 0.263 e. The van der Waals surface area contributed by atoms with Gasteiger partial charge in [-0.2, -0.15) is 0 Å². The highest BCUT2D eigenvalue weighted by Gasteiger charge is 2.73. The summed E-state index contributed by atoms with van der Waals surface area (Å²) in [6.45, 7) is 3.96. The highest BCUT2D eigenvalue weighted by atomic mass is 16.2. The minimum Gasteiger partial charge on any atom is -0.316 e. The zero-order valence-electron chi connectivity index (χ0n) is 7.76. The molecule has 0 aromatic carbocycles. The van der Waals surface area contributed by atoms with E-state index in [2.05, 4.69) is 10.3 Å². The van der Waals surface area contributed by atoms with Crippen molar-refractivity contribution in [1.82, 2.24) is 5.32 Å². The third-order valence-corrected chi connectivity index (χ3v) is 3.47. The van der Waals surface area contributed by atoms with Crippen LogP contribution < -0.4 is 5.32 Å². The van der Waals surface area contributed by atoms with Crippen LogP contribution in [-0.4, -0.2) is 18.2 Å². The molecule has 4 nitrogen and oxygen atoms in total. The number of hydrogen-bond acceptors (Lipinski definition) is 2. The molecular weight excluding hydrogens is 168 g/mol. The van der Waals surface area contributed by atoms with Crippen LogP contribution in [0.4, 0.5) is 0 Å². The van der Waals surface area contributed by atoms with E-state index in [9.17, 15) is 9.59 Å². The molecule has 0 saturated heterocycles. The number of nitrogens with one attached hydrogen (secondary N) is 1. The van der Waals surface area contributed by atoms with Crippen molar-refractivity contribution in [3.8, 4) is 0 Å². The van der Waals surface area contributed by atoms with Crippen LogP contribution in [0.25, 0.3) is 0 Å². The van der Waals surface area contributed by atoms with Gasteiger partial charge in [0.2, 0.25) is 5.91 Å². The fourth-order valence-electron chi connectivity index (χ4n) is 2.14. The Morgan fingerprint density at radius 2 is 2.31 bits per heavy atom. The maximum Gasteiger partial charge on any atom is 0.263 e. The van der Waals surface area contributed by atoms with E-state index in [1.54, 1.807) is 0 Å². The van der Waals surface area contributed by atoms with Crippen LogP contribution in [0.2, 0.25) is 0 Å². The van der Waals surface area contributed by atoms with Crippen LogP contribution in [-0.2, 0) is 9.59 Å². The van der Waals surface area contributed by atoms with Gasteiger partial charge in [0.15, 0.2) is 0 Å². The minimum absolute atomic E-state index is 0.175. The van der Waals surface area contributed by atoms with Crippen LogP contribution in [0.15, 0.2) is 4.99 Å².